The van der Waals surface area contributed by atoms with Crippen molar-refractivity contribution in [2.75, 3.05) is 6.54 Å². The Balaban J connectivity index is 1.72. The summed E-state index contributed by atoms with van der Waals surface area (Å²) < 4.78 is 1.96. The Hall–Kier alpha value is -1.69. The average molecular weight is 250 g/mol. The third-order valence-corrected chi connectivity index (χ3v) is 3.01. The van der Waals surface area contributed by atoms with Crippen LogP contribution in [0.1, 0.15) is 24.2 Å². The van der Waals surface area contributed by atoms with E-state index in [1.54, 1.807) is 0 Å². The Morgan fingerprint density at radius 1 is 1.50 bits per heavy atom. The Morgan fingerprint density at radius 3 is 2.83 bits per heavy atom. The van der Waals surface area contributed by atoms with Gasteiger partial charge in [-0.15, -0.1) is 0 Å². The van der Waals surface area contributed by atoms with E-state index in [4.69, 9.17) is 0 Å². The summed E-state index contributed by atoms with van der Waals surface area (Å²) in [5, 5.41) is 9.73. The molecule has 1 aromatic heterocycles. The van der Waals surface area contributed by atoms with Gasteiger partial charge in [0.25, 0.3) is 0 Å². The Morgan fingerprint density at radius 2 is 2.28 bits per heavy atom. The molecule has 1 saturated heterocycles. The van der Waals surface area contributed by atoms with Crippen molar-refractivity contribution >= 4 is 11.8 Å². The van der Waals surface area contributed by atoms with Crippen molar-refractivity contribution in [1.29, 1.82) is 0 Å². The van der Waals surface area contributed by atoms with Crippen molar-refractivity contribution in [3.63, 3.8) is 0 Å². The molecular weight excluding hydrogens is 232 g/mol. The maximum absolute atomic E-state index is 11.3. The number of rotatable bonds is 5. The van der Waals surface area contributed by atoms with Crippen LogP contribution < -0.4 is 10.6 Å². The van der Waals surface area contributed by atoms with Crippen molar-refractivity contribution in [3.8, 4) is 0 Å². The molecule has 6 nitrogen and oxygen atoms in total. The molecule has 2 amide bonds. The first-order valence-electron chi connectivity index (χ1n) is 6.14. The van der Waals surface area contributed by atoms with Crippen LogP contribution in [0, 0.1) is 13.8 Å². The topological polar surface area (TPSA) is 76.0 Å². The van der Waals surface area contributed by atoms with E-state index >= 15 is 0 Å². The van der Waals surface area contributed by atoms with Gasteiger partial charge < -0.3 is 5.32 Å². The molecule has 0 aliphatic carbocycles. The number of hydrogen-bond donors (Lipinski definition) is 2. The maximum atomic E-state index is 11.3. The first kappa shape index (κ1) is 12.8. The lowest BCUT2D eigenvalue weighted by Gasteiger charge is -2.09. The van der Waals surface area contributed by atoms with E-state index in [0.29, 0.717) is 6.54 Å². The number of nitrogens with zero attached hydrogens (tertiary/aromatic N) is 2. The minimum absolute atomic E-state index is 0.198. The summed E-state index contributed by atoms with van der Waals surface area (Å²) in [6.45, 7) is 5.51. The van der Waals surface area contributed by atoms with Gasteiger partial charge in [0.15, 0.2) is 0 Å². The summed E-state index contributed by atoms with van der Waals surface area (Å²) in [5.41, 5.74) is 2.16. The lowest BCUT2D eigenvalue weighted by molar-refractivity contribution is -0.125. The number of imide groups is 1. The van der Waals surface area contributed by atoms with Gasteiger partial charge in [-0.05, 0) is 32.9 Å². The molecule has 6 heteroatoms. The van der Waals surface area contributed by atoms with Gasteiger partial charge in [-0.1, -0.05) is 0 Å². The van der Waals surface area contributed by atoms with E-state index in [9.17, 15) is 9.59 Å². The third-order valence-electron chi connectivity index (χ3n) is 3.01. The van der Waals surface area contributed by atoms with Crippen molar-refractivity contribution in [3.05, 3.63) is 17.5 Å². The highest BCUT2D eigenvalue weighted by atomic mass is 16.2. The van der Waals surface area contributed by atoms with Crippen molar-refractivity contribution in [2.45, 2.75) is 39.3 Å². The monoisotopic (exact) mass is 250 g/mol. The minimum Gasteiger partial charge on any atom is -0.305 e. The number of amides is 2. The second-order valence-electron chi connectivity index (χ2n) is 4.63. The zero-order valence-electron chi connectivity index (χ0n) is 10.7. The normalized spacial score (nSPS) is 19.3. The van der Waals surface area contributed by atoms with E-state index in [1.165, 1.54) is 0 Å². The third kappa shape index (κ3) is 2.95. The van der Waals surface area contributed by atoms with E-state index in [2.05, 4.69) is 15.7 Å². The predicted octanol–water partition coefficient (Wildman–Crippen LogP) is -0.105. The van der Waals surface area contributed by atoms with Crippen LogP contribution in [0.3, 0.4) is 0 Å². The second-order valence-corrected chi connectivity index (χ2v) is 4.63. The molecule has 1 unspecified atom stereocenters. The van der Waals surface area contributed by atoms with Crippen molar-refractivity contribution in [1.82, 2.24) is 20.4 Å². The van der Waals surface area contributed by atoms with E-state index in [0.717, 1.165) is 24.4 Å². The number of nitrogens with one attached hydrogen (secondary N) is 2. The smallest absolute Gasteiger partial charge is 0.244 e. The van der Waals surface area contributed by atoms with Gasteiger partial charge in [0.2, 0.25) is 11.8 Å². The molecule has 1 atom stereocenters. The van der Waals surface area contributed by atoms with Gasteiger partial charge in [-0.2, -0.15) is 5.10 Å². The summed E-state index contributed by atoms with van der Waals surface area (Å²) >= 11 is 0. The van der Waals surface area contributed by atoms with Gasteiger partial charge in [0.1, 0.15) is 0 Å². The summed E-state index contributed by atoms with van der Waals surface area (Å²) in [4.78, 5) is 22.3. The summed E-state index contributed by atoms with van der Waals surface area (Å²) in [6.07, 6.45) is 1.12. The Labute approximate surface area is 106 Å². The fourth-order valence-corrected chi connectivity index (χ4v) is 2.12. The van der Waals surface area contributed by atoms with E-state index in [1.807, 2.05) is 24.6 Å². The fraction of sp³-hybridized carbons (Fsp3) is 0.583. The minimum atomic E-state index is -0.363. The molecule has 1 aliphatic heterocycles. The molecule has 1 aliphatic rings. The standard InChI is InChI=1S/C12H18N4O2/c1-8-6-9(2)16(15-8)5-3-4-13-10-7-11(17)14-12(10)18/h6,10,13H,3-5,7H2,1-2H3,(H,14,17,18). The predicted molar refractivity (Wildman–Crippen MR) is 65.9 cm³/mol. The zero-order valence-corrected chi connectivity index (χ0v) is 10.7. The summed E-state index contributed by atoms with van der Waals surface area (Å²) in [5.74, 6) is -0.415. The largest absolute Gasteiger partial charge is 0.305 e. The number of aromatic nitrogens is 2. The lowest BCUT2D eigenvalue weighted by atomic mass is 10.2. The Bertz CT molecular complexity index is 467. The van der Waals surface area contributed by atoms with Crippen LogP contribution in [0.2, 0.25) is 0 Å². The van der Waals surface area contributed by atoms with E-state index in [-0.39, 0.29) is 24.3 Å². The number of hydrogen-bond acceptors (Lipinski definition) is 4. The van der Waals surface area contributed by atoms with Crippen molar-refractivity contribution in [2.24, 2.45) is 0 Å². The maximum Gasteiger partial charge on any atom is 0.244 e. The molecule has 0 aromatic carbocycles. The highest BCUT2D eigenvalue weighted by molar-refractivity contribution is 6.05. The van der Waals surface area contributed by atoms with Crippen LogP contribution in [-0.2, 0) is 16.1 Å². The van der Waals surface area contributed by atoms with Gasteiger partial charge in [0.05, 0.1) is 18.2 Å². The molecule has 0 bridgehead atoms. The van der Waals surface area contributed by atoms with Gasteiger partial charge in [-0.3, -0.25) is 19.6 Å². The molecule has 98 valence electrons. The molecule has 0 spiro atoms. The number of aryl methyl sites for hydroxylation is 3. The van der Waals surface area contributed by atoms with Gasteiger partial charge in [0, 0.05) is 12.2 Å². The highest BCUT2D eigenvalue weighted by Crippen LogP contribution is 2.04. The van der Waals surface area contributed by atoms with Crippen LogP contribution in [0.5, 0.6) is 0 Å². The van der Waals surface area contributed by atoms with Crippen LogP contribution >= 0.6 is 0 Å². The fourth-order valence-electron chi connectivity index (χ4n) is 2.12. The van der Waals surface area contributed by atoms with Crippen molar-refractivity contribution < 1.29 is 9.59 Å². The molecular formula is C12H18N4O2. The molecule has 2 N–H and O–H groups in total. The van der Waals surface area contributed by atoms with Crippen LogP contribution in [-0.4, -0.2) is 34.2 Å². The van der Waals surface area contributed by atoms with Crippen LogP contribution in [0.25, 0.3) is 0 Å². The number of carbonyl (C=O) groups is 2. The summed E-state index contributed by atoms with van der Waals surface area (Å²) in [7, 11) is 0. The summed E-state index contributed by atoms with van der Waals surface area (Å²) in [6, 6.07) is 1.68. The molecule has 2 rings (SSSR count). The van der Waals surface area contributed by atoms with Crippen LogP contribution in [0.4, 0.5) is 0 Å². The number of carbonyl (C=O) groups excluding carboxylic acids is 2. The second kappa shape index (κ2) is 5.30. The quantitative estimate of drug-likeness (QED) is 0.565. The zero-order chi connectivity index (χ0) is 13.1. The van der Waals surface area contributed by atoms with E-state index < -0.39 is 0 Å². The molecule has 1 aromatic rings. The van der Waals surface area contributed by atoms with Crippen LogP contribution in [0.15, 0.2) is 6.07 Å². The first-order valence-corrected chi connectivity index (χ1v) is 6.14. The molecule has 2 heterocycles. The Kier molecular flexibility index (Phi) is 3.76. The van der Waals surface area contributed by atoms with Gasteiger partial charge in [-0.25, -0.2) is 0 Å². The molecule has 1 fully saturated rings. The average Bonchev–Trinajstić information content (AvgIpc) is 2.77. The first-order chi connectivity index (χ1) is 8.56. The molecule has 18 heavy (non-hydrogen) atoms. The molecule has 0 radical (unpaired) electrons. The van der Waals surface area contributed by atoms with Gasteiger partial charge >= 0.3 is 0 Å². The highest BCUT2D eigenvalue weighted by Gasteiger charge is 2.29. The SMILES string of the molecule is Cc1cc(C)n(CCCNC2CC(=O)NC2=O)n1. The lowest BCUT2D eigenvalue weighted by Crippen LogP contribution is -2.37. The molecule has 0 saturated carbocycles.